The SMILES string of the molecule is CCOC(=O)CC1CCc2c1[nH]c1ccc(OCc3ccc(C(F)(F)F)cc3C(F)(F)F)cc21. The molecule has 1 aliphatic rings. The highest BCUT2D eigenvalue weighted by Crippen LogP contribution is 2.41. The Balaban J connectivity index is 1.56. The van der Waals surface area contributed by atoms with Gasteiger partial charge in [0.25, 0.3) is 0 Å². The highest BCUT2D eigenvalue weighted by Gasteiger charge is 2.38. The highest BCUT2D eigenvalue weighted by molar-refractivity contribution is 5.87. The second-order valence-electron chi connectivity index (χ2n) is 8.13. The minimum atomic E-state index is -4.96. The monoisotopic (exact) mass is 485 g/mol. The second-order valence-corrected chi connectivity index (χ2v) is 8.13. The number of hydrogen-bond acceptors (Lipinski definition) is 3. The van der Waals surface area contributed by atoms with E-state index in [2.05, 4.69) is 4.98 Å². The lowest BCUT2D eigenvalue weighted by atomic mass is 10.0. The molecule has 4 rings (SSSR count). The molecule has 0 radical (unpaired) electrons. The molecule has 4 nitrogen and oxygen atoms in total. The Bertz CT molecular complexity index is 1210. The summed E-state index contributed by atoms with van der Waals surface area (Å²) in [6.45, 7) is 1.50. The third-order valence-corrected chi connectivity index (χ3v) is 5.92. The first-order chi connectivity index (χ1) is 16.0. The molecule has 1 aromatic heterocycles. The number of hydrogen-bond donors (Lipinski definition) is 1. The first kappa shape index (κ1) is 24.0. The van der Waals surface area contributed by atoms with Crippen LogP contribution in [0.2, 0.25) is 0 Å². The van der Waals surface area contributed by atoms with Gasteiger partial charge in [0, 0.05) is 28.1 Å². The smallest absolute Gasteiger partial charge is 0.416 e. The average molecular weight is 485 g/mol. The van der Waals surface area contributed by atoms with Crippen molar-refractivity contribution >= 4 is 16.9 Å². The van der Waals surface area contributed by atoms with Crippen LogP contribution < -0.4 is 4.74 Å². The van der Waals surface area contributed by atoms with Crippen LogP contribution in [0.3, 0.4) is 0 Å². The fraction of sp³-hybridized carbons (Fsp3) is 0.375. The third kappa shape index (κ3) is 4.85. The van der Waals surface area contributed by atoms with Crippen molar-refractivity contribution in [2.75, 3.05) is 6.61 Å². The second kappa shape index (κ2) is 8.88. The molecule has 0 fully saturated rings. The molecule has 1 N–H and O–H groups in total. The Kier molecular flexibility index (Phi) is 6.26. The van der Waals surface area contributed by atoms with Crippen LogP contribution in [-0.4, -0.2) is 17.6 Å². The van der Waals surface area contributed by atoms with Crippen LogP contribution in [0.5, 0.6) is 5.75 Å². The van der Waals surface area contributed by atoms with Gasteiger partial charge in [-0.2, -0.15) is 26.3 Å². The van der Waals surface area contributed by atoms with Crippen LogP contribution in [0.4, 0.5) is 26.3 Å². The third-order valence-electron chi connectivity index (χ3n) is 5.92. The number of alkyl halides is 6. The number of rotatable bonds is 6. The molecule has 0 spiro atoms. The molecule has 1 unspecified atom stereocenters. The van der Waals surface area contributed by atoms with Gasteiger partial charge in [-0.05, 0) is 55.7 Å². The van der Waals surface area contributed by atoms with E-state index in [9.17, 15) is 31.1 Å². The van der Waals surface area contributed by atoms with Crippen molar-refractivity contribution in [2.45, 2.75) is 51.1 Å². The number of fused-ring (bicyclic) bond motifs is 3. The number of aromatic amines is 1. The van der Waals surface area contributed by atoms with E-state index in [4.69, 9.17) is 9.47 Å². The lowest BCUT2D eigenvalue weighted by molar-refractivity contribution is -0.144. The summed E-state index contributed by atoms with van der Waals surface area (Å²) in [5, 5.41) is 0.835. The van der Waals surface area contributed by atoms with E-state index in [1.54, 1.807) is 25.1 Å². The van der Waals surface area contributed by atoms with Gasteiger partial charge in [-0.3, -0.25) is 4.79 Å². The lowest BCUT2D eigenvalue weighted by Crippen LogP contribution is -2.14. The fourth-order valence-corrected chi connectivity index (χ4v) is 4.35. The van der Waals surface area contributed by atoms with E-state index in [0.29, 0.717) is 12.7 Å². The summed E-state index contributed by atoms with van der Waals surface area (Å²) >= 11 is 0. The highest BCUT2D eigenvalue weighted by atomic mass is 19.4. The number of carbonyl (C=O) groups excluding carboxylic acids is 1. The van der Waals surface area contributed by atoms with Gasteiger partial charge in [0.05, 0.1) is 24.2 Å². The van der Waals surface area contributed by atoms with Crippen LogP contribution >= 0.6 is 0 Å². The predicted molar refractivity (Wildman–Crippen MR) is 111 cm³/mol. The lowest BCUT2D eigenvalue weighted by Gasteiger charge is -2.16. The van der Waals surface area contributed by atoms with Crippen molar-refractivity contribution in [1.82, 2.24) is 4.98 Å². The number of ether oxygens (including phenoxy) is 2. The average Bonchev–Trinajstić information content (AvgIpc) is 3.30. The van der Waals surface area contributed by atoms with E-state index in [1.807, 2.05) is 0 Å². The number of nitrogens with one attached hydrogen (secondary N) is 1. The minimum absolute atomic E-state index is 0.00712. The van der Waals surface area contributed by atoms with Gasteiger partial charge in [0.2, 0.25) is 0 Å². The van der Waals surface area contributed by atoms with Gasteiger partial charge >= 0.3 is 18.3 Å². The molecule has 1 heterocycles. The number of esters is 1. The Morgan fingerprint density at radius 1 is 1.06 bits per heavy atom. The van der Waals surface area contributed by atoms with Gasteiger partial charge in [0.15, 0.2) is 0 Å². The molecule has 0 saturated heterocycles. The molecule has 0 bridgehead atoms. The van der Waals surface area contributed by atoms with Crippen molar-refractivity contribution in [3.8, 4) is 5.75 Å². The molecule has 2 aromatic carbocycles. The molecule has 10 heteroatoms. The van der Waals surface area contributed by atoms with Crippen LogP contribution in [0.1, 0.15) is 53.6 Å². The van der Waals surface area contributed by atoms with Crippen LogP contribution in [-0.2, 0) is 34.9 Å². The predicted octanol–water partition coefficient (Wildman–Crippen LogP) is 6.77. The van der Waals surface area contributed by atoms with Gasteiger partial charge in [-0.1, -0.05) is 6.07 Å². The fourth-order valence-electron chi connectivity index (χ4n) is 4.35. The minimum Gasteiger partial charge on any atom is -0.489 e. The largest absolute Gasteiger partial charge is 0.489 e. The van der Waals surface area contributed by atoms with E-state index in [0.717, 1.165) is 41.1 Å². The summed E-state index contributed by atoms with van der Waals surface area (Å²) in [5.74, 6) is 0.00325. The van der Waals surface area contributed by atoms with Crippen molar-refractivity contribution in [3.63, 3.8) is 0 Å². The number of aryl methyl sites for hydroxylation is 1. The Hall–Kier alpha value is -3.17. The molecular weight excluding hydrogens is 464 g/mol. The standard InChI is InChI=1S/C24H21F6NO3/c1-2-33-21(32)9-13-4-7-17-18-11-16(6-8-20(18)31-22(13)17)34-12-14-3-5-15(23(25,26)27)10-19(14)24(28,29)30/h3,5-6,8,10-11,13,31H,2,4,7,9,12H2,1H3. The van der Waals surface area contributed by atoms with Gasteiger partial charge in [-0.15, -0.1) is 0 Å². The molecule has 3 aromatic rings. The summed E-state index contributed by atoms with van der Waals surface area (Å²) in [4.78, 5) is 15.2. The summed E-state index contributed by atoms with van der Waals surface area (Å²) in [6.07, 6.45) is -8.10. The zero-order chi connectivity index (χ0) is 24.7. The van der Waals surface area contributed by atoms with Gasteiger partial charge in [-0.25, -0.2) is 0 Å². The molecule has 0 aliphatic heterocycles. The molecule has 1 atom stereocenters. The molecular formula is C24H21F6NO3. The molecule has 1 aliphatic carbocycles. The van der Waals surface area contributed by atoms with E-state index < -0.39 is 35.6 Å². The first-order valence-electron chi connectivity index (χ1n) is 10.7. The van der Waals surface area contributed by atoms with Crippen molar-refractivity contribution < 1.29 is 40.6 Å². The molecule has 0 amide bonds. The van der Waals surface area contributed by atoms with Crippen molar-refractivity contribution in [1.29, 1.82) is 0 Å². The van der Waals surface area contributed by atoms with Gasteiger partial charge in [0.1, 0.15) is 12.4 Å². The maximum absolute atomic E-state index is 13.4. The Morgan fingerprint density at radius 3 is 2.50 bits per heavy atom. The van der Waals surface area contributed by atoms with Crippen LogP contribution in [0.15, 0.2) is 36.4 Å². The Morgan fingerprint density at radius 2 is 1.82 bits per heavy atom. The molecule has 0 saturated carbocycles. The zero-order valence-electron chi connectivity index (χ0n) is 18.1. The van der Waals surface area contributed by atoms with E-state index in [1.165, 1.54) is 0 Å². The zero-order valence-corrected chi connectivity index (χ0v) is 18.1. The molecule has 34 heavy (non-hydrogen) atoms. The van der Waals surface area contributed by atoms with Crippen molar-refractivity contribution in [3.05, 3.63) is 64.3 Å². The first-order valence-corrected chi connectivity index (χ1v) is 10.7. The maximum atomic E-state index is 13.4. The van der Waals surface area contributed by atoms with Gasteiger partial charge < -0.3 is 14.5 Å². The summed E-state index contributed by atoms with van der Waals surface area (Å²) in [5.41, 5.74) is -0.397. The number of H-pyrrole nitrogens is 1. The summed E-state index contributed by atoms with van der Waals surface area (Å²) in [7, 11) is 0. The number of aromatic nitrogens is 1. The van der Waals surface area contributed by atoms with E-state index >= 15 is 0 Å². The topological polar surface area (TPSA) is 51.3 Å². The van der Waals surface area contributed by atoms with Crippen LogP contribution in [0.25, 0.3) is 10.9 Å². The maximum Gasteiger partial charge on any atom is 0.416 e. The van der Waals surface area contributed by atoms with Crippen molar-refractivity contribution in [2.24, 2.45) is 0 Å². The Labute approximate surface area is 190 Å². The summed E-state index contributed by atoms with van der Waals surface area (Å²) in [6, 6.07) is 6.49. The molecule has 182 valence electrons. The normalized spacial score (nSPS) is 16.0. The summed E-state index contributed by atoms with van der Waals surface area (Å²) < 4.78 is 89.3. The number of halogens is 6. The number of carbonyl (C=O) groups is 1. The quantitative estimate of drug-likeness (QED) is 0.310. The number of benzene rings is 2. The van der Waals surface area contributed by atoms with E-state index in [-0.39, 0.29) is 30.1 Å². The van der Waals surface area contributed by atoms with Crippen LogP contribution in [0, 0.1) is 0 Å².